The van der Waals surface area contributed by atoms with E-state index in [9.17, 15) is 13.2 Å². The number of halogens is 1. The van der Waals surface area contributed by atoms with Crippen LogP contribution in [-0.4, -0.2) is 30.8 Å². The summed E-state index contributed by atoms with van der Waals surface area (Å²) in [6.07, 6.45) is 1.62. The number of aromatic nitrogens is 1. The number of carbonyl (C=O) groups is 1. The molecule has 0 atom stereocenters. The lowest BCUT2D eigenvalue weighted by atomic mass is 10.1. The van der Waals surface area contributed by atoms with Gasteiger partial charge in [-0.15, -0.1) is 0 Å². The van der Waals surface area contributed by atoms with Crippen molar-refractivity contribution in [2.45, 2.75) is 18.0 Å². The number of methoxy groups -OCH3 is 1. The van der Waals surface area contributed by atoms with Crippen molar-refractivity contribution in [3.8, 4) is 0 Å². The lowest BCUT2D eigenvalue weighted by molar-refractivity contribution is 0.0600. The van der Waals surface area contributed by atoms with E-state index in [2.05, 4.69) is 4.98 Å². The summed E-state index contributed by atoms with van der Waals surface area (Å²) < 4.78 is 32.5. The molecule has 1 heterocycles. The van der Waals surface area contributed by atoms with E-state index in [0.29, 0.717) is 16.3 Å². The Morgan fingerprint density at radius 3 is 2.28 bits per heavy atom. The van der Waals surface area contributed by atoms with E-state index in [4.69, 9.17) is 16.3 Å². The molecule has 0 saturated carbocycles. The van der Waals surface area contributed by atoms with Crippen molar-refractivity contribution in [2.75, 3.05) is 7.11 Å². The SMILES string of the molecule is COC(=O)c1ccc(CN(Cc2ccccn2)S(=O)(=O)c2ccc(Cl)cc2)cc1. The lowest BCUT2D eigenvalue weighted by Gasteiger charge is -2.22. The number of esters is 1. The maximum atomic E-state index is 13.3. The van der Waals surface area contributed by atoms with Crippen LogP contribution in [0.2, 0.25) is 5.02 Å². The van der Waals surface area contributed by atoms with Crippen molar-refractivity contribution < 1.29 is 17.9 Å². The van der Waals surface area contributed by atoms with Gasteiger partial charge >= 0.3 is 5.97 Å². The van der Waals surface area contributed by atoms with E-state index in [1.807, 2.05) is 0 Å². The summed E-state index contributed by atoms with van der Waals surface area (Å²) in [7, 11) is -2.49. The zero-order valence-electron chi connectivity index (χ0n) is 15.7. The summed E-state index contributed by atoms with van der Waals surface area (Å²) in [5.41, 5.74) is 1.75. The van der Waals surface area contributed by atoms with Gasteiger partial charge in [0.25, 0.3) is 0 Å². The highest BCUT2D eigenvalue weighted by molar-refractivity contribution is 7.89. The summed E-state index contributed by atoms with van der Waals surface area (Å²) in [6.45, 7) is 0.216. The third-order valence-electron chi connectivity index (χ3n) is 4.25. The third kappa shape index (κ3) is 5.20. The van der Waals surface area contributed by atoms with Crippen LogP contribution in [0.4, 0.5) is 0 Å². The first-order valence-corrected chi connectivity index (χ1v) is 10.5. The lowest BCUT2D eigenvalue weighted by Crippen LogP contribution is -2.30. The molecule has 0 saturated heterocycles. The normalized spacial score (nSPS) is 11.4. The summed E-state index contributed by atoms with van der Waals surface area (Å²) >= 11 is 5.90. The van der Waals surface area contributed by atoms with Gasteiger partial charge in [0.2, 0.25) is 10.0 Å². The predicted molar refractivity (Wildman–Crippen MR) is 110 cm³/mol. The molecule has 0 bridgehead atoms. The van der Waals surface area contributed by atoms with Crippen LogP contribution in [0.5, 0.6) is 0 Å². The fraction of sp³-hybridized carbons (Fsp3) is 0.143. The first-order chi connectivity index (χ1) is 13.9. The molecule has 150 valence electrons. The number of pyridine rings is 1. The van der Waals surface area contributed by atoms with Gasteiger partial charge in [0.1, 0.15) is 0 Å². The summed E-state index contributed by atoms with van der Waals surface area (Å²) in [6, 6.07) is 18.0. The number of nitrogens with zero attached hydrogens (tertiary/aromatic N) is 2. The molecule has 0 spiro atoms. The number of ether oxygens (including phenoxy) is 1. The molecule has 0 amide bonds. The largest absolute Gasteiger partial charge is 0.465 e. The highest BCUT2D eigenvalue weighted by atomic mass is 35.5. The van der Waals surface area contributed by atoms with Crippen molar-refractivity contribution in [2.24, 2.45) is 0 Å². The first kappa shape index (κ1) is 21.0. The monoisotopic (exact) mass is 430 g/mol. The zero-order valence-corrected chi connectivity index (χ0v) is 17.2. The van der Waals surface area contributed by atoms with Crippen molar-refractivity contribution in [1.82, 2.24) is 9.29 Å². The molecular weight excluding hydrogens is 412 g/mol. The Morgan fingerprint density at radius 2 is 1.69 bits per heavy atom. The number of hydrogen-bond acceptors (Lipinski definition) is 5. The summed E-state index contributed by atoms with van der Waals surface area (Å²) in [5, 5.41) is 0.457. The van der Waals surface area contributed by atoms with Crippen molar-refractivity contribution in [1.29, 1.82) is 0 Å². The topological polar surface area (TPSA) is 76.6 Å². The fourth-order valence-electron chi connectivity index (χ4n) is 2.72. The van der Waals surface area contributed by atoms with Gasteiger partial charge in [0.05, 0.1) is 29.8 Å². The highest BCUT2D eigenvalue weighted by Gasteiger charge is 2.25. The number of carbonyl (C=O) groups excluding carboxylic acids is 1. The fourth-order valence-corrected chi connectivity index (χ4v) is 4.25. The average Bonchev–Trinajstić information content (AvgIpc) is 2.74. The Morgan fingerprint density at radius 1 is 1.00 bits per heavy atom. The molecule has 0 N–H and O–H groups in total. The molecule has 0 fully saturated rings. The molecule has 2 aromatic carbocycles. The van der Waals surface area contributed by atoms with E-state index in [0.717, 1.165) is 5.56 Å². The predicted octanol–water partition coefficient (Wildman–Crippen LogP) is 3.91. The molecule has 0 aliphatic rings. The second-order valence-electron chi connectivity index (χ2n) is 6.24. The molecule has 6 nitrogen and oxygen atoms in total. The van der Waals surface area contributed by atoms with Gasteiger partial charge in [-0.1, -0.05) is 29.8 Å². The molecule has 1 aromatic heterocycles. The highest BCUT2D eigenvalue weighted by Crippen LogP contribution is 2.22. The molecular formula is C21H19ClN2O4S. The molecule has 0 aliphatic heterocycles. The Labute approximate surface area is 174 Å². The van der Waals surface area contributed by atoms with Crippen LogP contribution in [0.3, 0.4) is 0 Å². The third-order valence-corrected chi connectivity index (χ3v) is 6.31. The second-order valence-corrected chi connectivity index (χ2v) is 8.61. The minimum Gasteiger partial charge on any atom is -0.465 e. The maximum Gasteiger partial charge on any atom is 0.337 e. The van der Waals surface area contributed by atoms with Gasteiger partial charge in [-0.3, -0.25) is 4.98 Å². The van der Waals surface area contributed by atoms with Gasteiger partial charge < -0.3 is 4.74 Å². The van der Waals surface area contributed by atoms with Crippen LogP contribution in [0, 0.1) is 0 Å². The van der Waals surface area contributed by atoms with Gasteiger partial charge in [0.15, 0.2) is 0 Å². The summed E-state index contributed by atoms with van der Waals surface area (Å²) in [4.78, 5) is 16.0. The maximum absolute atomic E-state index is 13.3. The minimum absolute atomic E-state index is 0.102. The van der Waals surface area contributed by atoms with E-state index >= 15 is 0 Å². The number of rotatable bonds is 7. The summed E-state index contributed by atoms with van der Waals surface area (Å²) in [5.74, 6) is -0.448. The van der Waals surface area contributed by atoms with Crippen LogP contribution in [0.15, 0.2) is 77.8 Å². The zero-order chi connectivity index (χ0) is 20.9. The van der Waals surface area contributed by atoms with Gasteiger partial charge in [-0.2, -0.15) is 4.31 Å². The Kier molecular flexibility index (Phi) is 6.64. The number of hydrogen-bond donors (Lipinski definition) is 0. The Bertz CT molecular complexity index is 1070. The van der Waals surface area contributed by atoms with E-state index in [1.165, 1.54) is 23.5 Å². The van der Waals surface area contributed by atoms with Gasteiger partial charge in [-0.25, -0.2) is 13.2 Å². The molecule has 3 rings (SSSR count). The molecule has 0 radical (unpaired) electrons. The number of sulfonamides is 1. The average molecular weight is 431 g/mol. The minimum atomic E-state index is -3.80. The Hall–Kier alpha value is -2.74. The Balaban J connectivity index is 1.92. The molecule has 29 heavy (non-hydrogen) atoms. The van der Waals surface area contributed by atoms with Crippen LogP contribution >= 0.6 is 11.6 Å². The molecule has 0 aliphatic carbocycles. The number of benzene rings is 2. The van der Waals surface area contributed by atoms with Gasteiger partial charge in [-0.05, 0) is 54.1 Å². The first-order valence-electron chi connectivity index (χ1n) is 8.73. The van der Waals surface area contributed by atoms with Crippen LogP contribution in [0.1, 0.15) is 21.6 Å². The van der Waals surface area contributed by atoms with E-state index < -0.39 is 16.0 Å². The van der Waals surface area contributed by atoms with Crippen molar-refractivity contribution >= 4 is 27.6 Å². The molecule has 0 unspecified atom stereocenters. The quantitative estimate of drug-likeness (QED) is 0.531. The molecule has 3 aromatic rings. The van der Waals surface area contributed by atoms with Crippen molar-refractivity contribution in [3.05, 3.63) is 94.8 Å². The standard InChI is InChI=1S/C21H19ClN2O4S/c1-28-21(25)17-7-5-16(6-8-17)14-24(15-19-4-2-3-13-23-19)29(26,27)20-11-9-18(22)10-12-20/h2-13H,14-15H2,1H3. The van der Waals surface area contributed by atoms with Crippen molar-refractivity contribution in [3.63, 3.8) is 0 Å². The molecule has 8 heteroatoms. The van der Waals surface area contributed by atoms with Crippen LogP contribution in [0.25, 0.3) is 0 Å². The van der Waals surface area contributed by atoms with Crippen LogP contribution in [-0.2, 0) is 27.8 Å². The smallest absolute Gasteiger partial charge is 0.337 e. The van der Waals surface area contributed by atoms with Gasteiger partial charge in [0, 0.05) is 17.8 Å². The van der Waals surface area contributed by atoms with E-state index in [-0.39, 0.29) is 18.0 Å². The van der Waals surface area contributed by atoms with Crippen LogP contribution < -0.4 is 0 Å². The van der Waals surface area contributed by atoms with E-state index in [1.54, 1.807) is 60.8 Å². The second kappa shape index (κ2) is 9.17.